The average Bonchev–Trinajstić information content (AvgIpc) is 2.96. The van der Waals surface area contributed by atoms with E-state index in [4.69, 9.17) is 19.1 Å². The van der Waals surface area contributed by atoms with Gasteiger partial charge in [-0.1, -0.05) is 11.2 Å². The largest absolute Gasteiger partial charge is 0.478 e. The number of nitrogens with zero attached hydrogens (tertiary/aromatic N) is 2. The Kier molecular flexibility index (Phi) is 5.42. The molecule has 2 aromatic rings. The minimum absolute atomic E-state index is 0.176. The second-order valence-electron chi connectivity index (χ2n) is 4.26. The van der Waals surface area contributed by atoms with Gasteiger partial charge in [0.1, 0.15) is 0 Å². The molecule has 2 rings (SSSR count). The van der Waals surface area contributed by atoms with E-state index >= 15 is 0 Å². The van der Waals surface area contributed by atoms with E-state index in [0.29, 0.717) is 43.5 Å². The number of carbonyl (C=O) groups is 1. The quantitative estimate of drug-likeness (QED) is 0.739. The van der Waals surface area contributed by atoms with Gasteiger partial charge in [0, 0.05) is 19.1 Å². The van der Waals surface area contributed by atoms with Crippen molar-refractivity contribution in [2.75, 3.05) is 26.9 Å². The number of hydrogen-bond acceptors (Lipinski definition) is 6. The van der Waals surface area contributed by atoms with Crippen LogP contribution in [-0.4, -0.2) is 48.1 Å². The van der Waals surface area contributed by atoms with Crippen LogP contribution < -0.4 is 0 Å². The summed E-state index contributed by atoms with van der Waals surface area (Å²) < 4.78 is 15.3. The fraction of sp³-hybridized carbons (Fsp3) is 0.357. The molecule has 1 aromatic carbocycles. The molecule has 0 saturated carbocycles. The van der Waals surface area contributed by atoms with Crippen LogP contribution in [0.25, 0.3) is 11.5 Å². The van der Waals surface area contributed by atoms with Gasteiger partial charge in [0.05, 0.1) is 25.4 Å². The van der Waals surface area contributed by atoms with Gasteiger partial charge in [-0.2, -0.15) is 4.98 Å². The Hall–Kier alpha value is -2.25. The van der Waals surface area contributed by atoms with Crippen molar-refractivity contribution in [3.63, 3.8) is 0 Å². The summed E-state index contributed by atoms with van der Waals surface area (Å²) in [4.78, 5) is 15.1. The summed E-state index contributed by atoms with van der Waals surface area (Å²) in [6.07, 6.45) is 0.520. The lowest BCUT2D eigenvalue weighted by molar-refractivity contribution is 0.0697. The van der Waals surface area contributed by atoms with Gasteiger partial charge in [-0.15, -0.1) is 0 Å². The average molecular weight is 292 g/mol. The third kappa shape index (κ3) is 4.37. The first kappa shape index (κ1) is 15.1. The summed E-state index contributed by atoms with van der Waals surface area (Å²) >= 11 is 0. The molecule has 7 heteroatoms. The maximum Gasteiger partial charge on any atom is 0.335 e. The zero-order valence-corrected chi connectivity index (χ0v) is 11.6. The smallest absolute Gasteiger partial charge is 0.335 e. The van der Waals surface area contributed by atoms with Crippen LogP contribution in [0.4, 0.5) is 0 Å². The second kappa shape index (κ2) is 7.51. The third-order valence-electron chi connectivity index (χ3n) is 2.73. The zero-order chi connectivity index (χ0) is 15.1. The van der Waals surface area contributed by atoms with E-state index in [2.05, 4.69) is 10.1 Å². The zero-order valence-electron chi connectivity index (χ0n) is 11.6. The van der Waals surface area contributed by atoms with Crippen molar-refractivity contribution in [1.82, 2.24) is 10.1 Å². The molecule has 0 spiro atoms. The number of methoxy groups -OCH3 is 1. The molecule has 0 fully saturated rings. The summed E-state index contributed by atoms with van der Waals surface area (Å²) in [5, 5.41) is 12.8. The van der Waals surface area contributed by atoms with Crippen molar-refractivity contribution in [3.8, 4) is 11.5 Å². The van der Waals surface area contributed by atoms with E-state index in [1.165, 1.54) is 12.1 Å². The SMILES string of the molecule is COCCOCCc1noc(-c2cccc(C(=O)O)c2)n1. The van der Waals surface area contributed by atoms with E-state index in [0.717, 1.165) is 0 Å². The molecule has 1 aromatic heterocycles. The van der Waals surface area contributed by atoms with Crippen LogP contribution in [0.2, 0.25) is 0 Å². The van der Waals surface area contributed by atoms with Gasteiger partial charge >= 0.3 is 5.97 Å². The van der Waals surface area contributed by atoms with Gasteiger partial charge in [-0.05, 0) is 18.2 Å². The molecule has 21 heavy (non-hydrogen) atoms. The normalized spacial score (nSPS) is 10.7. The first-order valence-corrected chi connectivity index (χ1v) is 6.43. The lowest BCUT2D eigenvalue weighted by atomic mass is 10.1. The van der Waals surface area contributed by atoms with Crippen molar-refractivity contribution >= 4 is 5.97 Å². The molecule has 0 bridgehead atoms. The van der Waals surface area contributed by atoms with Crippen molar-refractivity contribution in [2.24, 2.45) is 0 Å². The monoisotopic (exact) mass is 292 g/mol. The van der Waals surface area contributed by atoms with Crippen molar-refractivity contribution in [3.05, 3.63) is 35.7 Å². The molecule has 0 amide bonds. The highest BCUT2D eigenvalue weighted by Crippen LogP contribution is 2.18. The fourth-order valence-electron chi connectivity index (χ4n) is 1.67. The van der Waals surface area contributed by atoms with Crippen LogP contribution in [0.1, 0.15) is 16.2 Å². The number of carboxylic acid groups (broad SMARTS) is 1. The Morgan fingerprint density at radius 2 is 2.19 bits per heavy atom. The molecular weight excluding hydrogens is 276 g/mol. The molecule has 0 saturated heterocycles. The molecule has 1 heterocycles. The van der Waals surface area contributed by atoms with Crippen molar-refractivity contribution in [2.45, 2.75) is 6.42 Å². The number of ether oxygens (including phenoxy) is 2. The van der Waals surface area contributed by atoms with Gasteiger partial charge in [0.2, 0.25) is 0 Å². The van der Waals surface area contributed by atoms with Crippen molar-refractivity contribution < 1.29 is 23.9 Å². The summed E-state index contributed by atoms with van der Waals surface area (Å²) in [6.45, 7) is 1.53. The number of hydrogen-bond donors (Lipinski definition) is 1. The van der Waals surface area contributed by atoms with E-state index < -0.39 is 5.97 Å². The standard InChI is InChI=1S/C14H16N2O5/c1-19-7-8-20-6-5-12-15-13(21-16-12)10-3-2-4-11(9-10)14(17)18/h2-4,9H,5-8H2,1H3,(H,17,18). The molecule has 0 aliphatic heterocycles. The molecular formula is C14H16N2O5. The minimum atomic E-state index is -0.997. The Morgan fingerprint density at radius 1 is 1.33 bits per heavy atom. The van der Waals surface area contributed by atoms with E-state index in [1.807, 2.05) is 0 Å². The predicted octanol–water partition coefficient (Wildman–Crippen LogP) is 1.64. The van der Waals surface area contributed by atoms with Gasteiger partial charge in [-0.25, -0.2) is 4.79 Å². The molecule has 0 atom stereocenters. The molecule has 0 aliphatic carbocycles. The van der Waals surface area contributed by atoms with Gasteiger partial charge in [0.15, 0.2) is 5.82 Å². The number of carboxylic acids is 1. The third-order valence-corrected chi connectivity index (χ3v) is 2.73. The first-order chi connectivity index (χ1) is 10.2. The van der Waals surface area contributed by atoms with Crippen LogP contribution in [-0.2, 0) is 15.9 Å². The summed E-state index contributed by atoms with van der Waals surface area (Å²) in [6, 6.07) is 6.36. The fourth-order valence-corrected chi connectivity index (χ4v) is 1.67. The van der Waals surface area contributed by atoms with E-state index in [1.54, 1.807) is 19.2 Å². The Labute approximate surface area is 121 Å². The molecule has 0 unspecified atom stereocenters. The van der Waals surface area contributed by atoms with Crippen molar-refractivity contribution in [1.29, 1.82) is 0 Å². The topological polar surface area (TPSA) is 94.7 Å². The molecule has 0 radical (unpaired) electrons. The summed E-state index contributed by atoms with van der Waals surface area (Å²) in [5.41, 5.74) is 0.754. The second-order valence-corrected chi connectivity index (χ2v) is 4.26. The Bertz CT molecular complexity index is 597. The number of rotatable bonds is 8. The molecule has 112 valence electrons. The number of benzene rings is 1. The van der Waals surface area contributed by atoms with Gasteiger partial charge < -0.3 is 19.1 Å². The number of aromatic carboxylic acids is 1. The highest BCUT2D eigenvalue weighted by atomic mass is 16.5. The lowest BCUT2D eigenvalue weighted by Crippen LogP contribution is -2.05. The number of aromatic nitrogens is 2. The van der Waals surface area contributed by atoms with Gasteiger partial charge in [-0.3, -0.25) is 0 Å². The highest BCUT2D eigenvalue weighted by Gasteiger charge is 2.11. The van der Waals surface area contributed by atoms with Crippen LogP contribution in [0.3, 0.4) is 0 Å². The van der Waals surface area contributed by atoms with E-state index in [-0.39, 0.29) is 5.56 Å². The van der Waals surface area contributed by atoms with Crippen LogP contribution in [0.15, 0.2) is 28.8 Å². The maximum absolute atomic E-state index is 10.9. The lowest BCUT2D eigenvalue weighted by Gasteiger charge is -2.00. The van der Waals surface area contributed by atoms with Crippen LogP contribution >= 0.6 is 0 Å². The Morgan fingerprint density at radius 3 is 2.95 bits per heavy atom. The Balaban J connectivity index is 1.96. The highest BCUT2D eigenvalue weighted by molar-refractivity contribution is 5.88. The molecule has 1 N–H and O–H groups in total. The molecule has 0 aliphatic rings. The minimum Gasteiger partial charge on any atom is -0.478 e. The van der Waals surface area contributed by atoms with Crippen LogP contribution in [0, 0.1) is 0 Å². The van der Waals surface area contributed by atoms with Crippen LogP contribution in [0.5, 0.6) is 0 Å². The molecule has 7 nitrogen and oxygen atoms in total. The van der Waals surface area contributed by atoms with E-state index in [9.17, 15) is 4.79 Å². The summed E-state index contributed by atoms with van der Waals surface area (Å²) in [5.74, 6) is -0.184. The maximum atomic E-state index is 10.9. The first-order valence-electron chi connectivity index (χ1n) is 6.43. The van der Waals surface area contributed by atoms with Gasteiger partial charge in [0.25, 0.3) is 5.89 Å². The summed E-state index contributed by atoms with van der Waals surface area (Å²) in [7, 11) is 1.61. The predicted molar refractivity (Wildman–Crippen MR) is 73.1 cm³/mol.